The van der Waals surface area contributed by atoms with Crippen LogP contribution in [0.2, 0.25) is 0 Å². The summed E-state index contributed by atoms with van der Waals surface area (Å²) in [6.07, 6.45) is 0. The Labute approximate surface area is 94.4 Å². The van der Waals surface area contributed by atoms with Crippen molar-refractivity contribution >= 4 is 24.4 Å². The van der Waals surface area contributed by atoms with Crippen LogP contribution in [0.3, 0.4) is 0 Å². The molecule has 0 aromatic heterocycles. The summed E-state index contributed by atoms with van der Waals surface area (Å²) in [7, 11) is 4.16. The van der Waals surface area contributed by atoms with Gasteiger partial charge in [-0.3, -0.25) is 4.90 Å². The van der Waals surface area contributed by atoms with Gasteiger partial charge in [0.1, 0.15) is 0 Å². The third kappa shape index (κ3) is 3.34. The average molecular weight is 186 g/mol. The molecule has 1 heterocycles. The monoisotopic (exact) mass is 186 g/mol. The molecule has 0 amide bonds. The first-order valence-corrected chi connectivity index (χ1v) is 4.38. The van der Waals surface area contributed by atoms with Crippen LogP contribution in [0.5, 0.6) is 0 Å². The second-order valence-corrected chi connectivity index (χ2v) is 4.14. The topological polar surface area (TPSA) is 6.48 Å². The van der Waals surface area contributed by atoms with Gasteiger partial charge < -0.3 is 17.5 Å². The Morgan fingerprint density at radius 2 is 2.10 bits per heavy atom. The van der Waals surface area contributed by atoms with Crippen molar-refractivity contribution in [2.45, 2.75) is 4.71 Å². The minimum Gasteiger partial charge on any atom is -0.763 e. The SMILES string of the molecule is CN1CSC([S-])N(C)C1.[Na+]. The molecule has 0 spiro atoms. The minimum atomic E-state index is 0. The van der Waals surface area contributed by atoms with Crippen molar-refractivity contribution in [2.24, 2.45) is 0 Å². The van der Waals surface area contributed by atoms with Crippen LogP contribution >= 0.6 is 11.8 Å². The van der Waals surface area contributed by atoms with Crippen molar-refractivity contribution in [1.82, 2.24) is 9.80 Å². The summed E-state index contributed by atoms with van der Waals surface area (Å²) in [6, 6.07) is 0. The summed E-state index contributed by atoms with van der Waals surface area (Å²) >= 11 is 6.93. The Hall–Kier alpha value is 1.62. The summed E-state index contributed by atoms with van der Waals surface area (Å²) < 4.78 is 0.279. The molecular formula is C5H11N2NaS2. The van der Waals surface area contributed by atoms with Crippen LogP contribution in [0.1, 0.15) is 0 Å². The smallest absolute Gasteiger partial charge is 0.763 e. The predicted octanol–water partition coefficient (Wildman–Crippen LogP) is -2.65. The summed E-state index contributed by atoms with van der Waals surface area (Å²) in [4.78, 5) is 4.40. The van der Waals surface area contributed by atoms with Gasteiger partial charge >= 0.3 is 29.6 Å². The molecule has 0 aliphatic carbocycles. The van der Waals surface area contributed by atoms with Gasteiger partial charge in [0.15, 0.2) is 0 Å². The standard InChI is InChI=1S/C5H12N2S2.Na/c1-6-3-7(2)5(8)9-4-6;/h5,8H,3-4H2,1-2H3;/q;+1/p-1. The number of thioether (sulfide) groups is 1. The molecule has 0 aromatic carbocycles. The zero-order valence-electron chi connectivity index (χ0n) is 6.70. The van der Waals surface area contributed by atoms with Gasteiger partial charge in [-0.05, 0) is 14.1 Å². The van der Waals surface area contributed by atoms with Gasteiger partial charge in [-0.2, -0.15) is 11.8 Å². The van der Waals surface area contributed by atoms with Crippen molar-refractivity contribution in [2.75, 3.05) is 26.6 Å². The third-order valence-corrected chi connectivity index (χ3v) is 3.26. The molecule has 54 valence electrons. The summed E-state index contributed by atoms with van der Waals surface area (Å²) in [6.45, 7) is 1.00. The molecule has 1 atom stereocenters. The third-order valence-electron chi connectivity index (χ3n) is 1.26. The van der Waals surface area contributed by atoms with Gasteiger partial charge in [0.2, 0.25) is 0 Å². The second-order valence-electron chi connectivity index (χ2n) is 2.36. The Kier molecular flexibility index (Phi) is 6.16. The second kappa shape index (κ2) is 5.30. The zero-order valence-corrected chi connectivity index (χ0v) is 10.3. The molecule has 1 unspecified atom stereocenters. The van der Waals surface area contributed by atoms with E-state index in [1.54, 1.807) is 11.8 Å². The van der Waals surface area contributed by atoms with Crippen molar-refractivity contribution in [1.29, 1.82) is 0 Å². The summed E-state index contributed by atoms with van der Waals surface area (Å²) in [5.74, 6) is 1.07. The van der Waals surface area contributed by atoms with Gasteiger partial charge in [-0.25, -0.2) is 0 Å². The Balaban J connectivity index is 0.000000810. The van der Waals surface area contributed by atoms with E-state index in [0.717, 1.165) is 12.5 Å². The van der Waals surface area contributed by atoms with Crippen molar-refractivity contribution < 1.29 is 29.6 Å². The molecule has 10 heavy (non-hydrogen) atoms. The predicted molar refractivity (Wildman–Crippen MR) is 44.0 cm³/mol. The maximum atomic E-state index is 5.13. The van der Waals surface area contributed by atoms with Crippen LogP contribution in [0.4, 0.5) is 0 Å². The molecular weight excluding hydrogens is 175 g/mol. The molecule has 1 aliphatic heterocycles. The molecule has 5 heteroatoms. The van der Waals surface area contributed by atoms with Crippen LogP contribution in [-0.4, -0.2) is 41.1 Å². The zero-order chi connectivity index (χ0) is 6.85. The van der Waals surface area contributed by atoms with E-state index in [4.69, 9.17) is 12.6 Å². The molecule has 1 fully saturated rings. The fourth-order valence-corrected chi connectivity index (χ4v) is 1.84. The van der Waals surface area contributed by atoms with Crippen LogP contribution in [0.15, 0.2) is 0 Å². The van der Waals surface area contributed by atoms with Gasteiger partial charge in [-0.1, -0.05) is 4.71 Å². The van der Waals surface area contributed by atoms with E-state index in [0.29, 0.717) is 0 Å². The largest absolute Gasteiger partial charge is 1.00 e. The first kappa shape index (κ1) is 11.6. The molecule has 1 saturated heterocycles. The van der Waals surface area contributed by atoms with Gasteiger partial charge in [0.05, 0.1) is 0 Å². The average Bonchev–Trinajstić information content (AvgIpc) is 1.80. The fourth-order valence-electron chi connectivity index (χ4n) is 0.807. The van der Waals surface area contributed by atoms with E-state index >= 15 is 0 Å². The van der Waals surface area contributed by atoms with E-state index in [1.165, 1.54) is 0 Å². The van der Waals surface area contributed by atoms with Crippen LogP contribution in [-0.2, 0) is 12.6 Å². The fraction of sp³-hybridized carbons (Fsp3) is 1.00. The summed E-state index contributed by atoms with van der Waals surface area (Å²) in [5.41, 5.74) is 0. The normalized spacial score (nSPS) is 29.7. The Bertz CT molecular complexity index is 104. The molecule has 1 rings (SSSR count). The van der Waals surface area contributed by atoms with Crippen LogP contribution < -0.4 is 29.6 Å². The van der Waals surface area contributed by atoms with Crippen molar-refractivity contribution in [3.8, 4) is 0 Å². The molecule has 0 N–H and O–H groups in total. The maximum Gasteiger partial charge on any atom is 1.00 e. The van der Waals surface area contributed by atoms with Crippen molar-refractivity contribution in [3.63, 3.8) is 0 Å². The first-order chi connectivity index (χ1) is 4.20. The quantitative estimate of drug-likeness (QED) is 0.301. The Morgan fingerprint density at radius 3 is 2.50 bits per heavy atom. The maximum absolute atomic E-state index is 5.13. The van der Waals surface area contributed by atoms with Gasteiger partial charge in [0, 0.05) is 12.5 Å². The number of hydrogen-bond acceptors (Lipinski definition) is 4. The molecule has 0 aromatic rings. The number of nitrogens with zero attached hydrogens (tertiary/aromatic N) is 2. The van der Waals surface area contributed by atoms with E-state index in [2.05, 4.69) is 23.9 Å². The van der Waals surface area contributed by atoms with Crippen LogP contribution in [0.25, 0.3) is 0 Å². The number of rotatable bonds is 0. The van der Waals surface area contributed by atoms with E-state index in [1.807, 2.05) is 0 Å². The van der Waals surface area contributed by atoms with E-state index in [9.17, 15) is 0 Å². The molecule has 0 radical (unpaired) electrons. The molecule has 0 saturated carbocycles. The Morgan fingerprint density at radius 1 is 1.50 bits per heavy atom. The van der Waals surface area contributed by atoms with Gasteiger partial charge in [-0.15, -0.1) is 0 Å². The molecule has 0 bridgehead atoms. The molecule has 2 nitrogen and oxygen atoms in total. The van der Waals surface area contributed by atoms with Gasteiger partial charge in [0.25, 0.3) is 0 Å². The van der Waals surface area contributed by atoms with Crippen LogP contribution in [0, 0.1) is 0 Å². The minimum absolute atomic E-state index is 0. The van der Waals surface area contributed by atoms with Crippen molar-refractivity contribution in [3.05, 3.63) is 0 Å². The first-order valence-electron chi connectivity index (χ1n) is 2.86. The molecule has 1 aliphatic rings. The summed E-state index contributed by atoms with van der Waals surface area (Å²) in [5, 5.41) is 0. The number of hydrogen-bond donors (Lipinski definition) is 0. The van der Waals surface area contributed by atoms with E-state index in [-0.39, 0.29) is 34.3 Å². The van der Waals surface area contributed by atoms with E-state index < -0.39 is 0 Å².